The number of carbonyl (C=O) groups excluding carboxylic acids is 2. The molecule has 1 unspecified atom stereocenters. The maximum absolute atomic E-state index is 13.7. The highest BCUT2D eigenvalue weighted by Crippen LogP contribution is 2.40. The number of halogens is 11. The number of carbonyl (C=O) groups is 2. The van der Waals surface area contributed by atoms with Crippen LogP contribution in [0.3, 0.4) is 0 Å². The number of amides is 2. The Bertz CT molecular complexity index is 1190. The van der Waals surface area contributed by atoms with E-state index in [9.17, 15) is 53.5 Å². The molecule has 0 saturated heterocycles. The second-order valence-corrected chi connectivity index (χ2v) is 8.64. The number of hydrogen-bond acceptors (Lipinski definition) is 2. The highest BCUT2D eigenvalue weighted by atomic mass is 79.9. The quantitative estimate of drug-likeness (QED) is 0.322. The number of rotatable bonds is 8. The van der Waals surface area contributed by atoms with Gasteiger partial charge >= 0.3 is 18.5 Å². The maximum atomic E-state index is 13.7. The summed E-state index contributed by atoms with van der Waals surface area (Å²) in [6, 6.07) is 4.91. The summed E-state index contributed by atoms with van der Waals surface area (Å²) in [5.41, 5.74) is -2.86. The fraction of sp³-hybridized carbons (Fsp3) is 0.304. The van der Waals surface area contributed by atoms with E-state index in [1.165, 1.54) is 12.1 Å². The van der Waals surface area contributed by atoms with Gasteiger partial charge in [0.15, 0.2) is 0 Å². The van der Waals surface area contributed by atoms with Gasteiger partial charge in [0.1, 0.15) is 13.2 Å². The van der Waals surface area contributed by atoms with Crippen molar-refractivity contribution in [1.82, 2.24) is 10.6 Å². The minimum Gasteiger partial charge on any atom is -0.345 e. The third-order valence-electron chi connectivity index (χ3n) is 4.82. The molecule has 1 atom stereocenters. The molecule has 38 heavy (non-hydrogen) atoms. The summed E-state index contributed by atoms with van der Waals surface area (Å²) in [4.78, 5) is 23.6. The molecule has 0 spiro atoms. The van der Waals surface area contributed by atoms with Crippen LogP contribution in [0.4, 0.5) is 43.9 Å². The van der Waals surface area contributed by atoms with Crippen molar-refractivity contribution >= 4 is 33.8 Å². The standard InChI is InChI=1S/C23H17BrF10N2O2/c24-18-7-12(1-3-16(18)20(38)35-10-19(37)36-11-21(26,27)28)2-4-17(23(32,33)34)14-5-13(9-25)6-15(8-14)22(29,30)31/h1-8,17H,9-11H2,(H,35,38)(H,36,37)/b4-2+. The topological polar surface area (TPSA) is 58.2 Å². The highest BCUT2D eigenvalue weighted by Gasteiger charge is 2.40. The Morgan fingerprint density at radius 2 is 1.58 bits per heavy atom. The zero-order chi connectivity index (χ0) is 28.9. The minimum atomic E-state index is -5.03. The molecule has 0 aromatic heterocycles. The number of allylic oxidation sites excluding steroid dienone is 1. The minimum absolute atomic E-state index is 0.0372. The van der Waals surface area contributed by atoms with Crippen LogP contribution in [0.2, 0.25) is 0 Å². The van der Waals surface area contributed by atoms with Crippen LogP contribution in [0.15, 0.2) is 46.9 Å². The largest absolute Gasteiger partial charge is 0.416 e. The maximum Gasteiger partial charge on any atom is 0.416 e. The molecule has 2 aromatic carbocycles. The van der Waals surface area contributed by atoms with Gasteiger partial charge in [0.2, 0.25) is 5.91 Å². The smallest absolute Gasteiger partial charge is 0.345 e. The summed E-state index contributed by atoms with van der Waals surface area (Å²) in [7, 11) is 0. The van der Waals surface area contributed by atoms with Crippen molar-refractivity contribution in [2.24, 2.45) is 0 Å². The first-order valence-corrected chi connectivity index (χ1v) is 11.1. The van der Waals surface area contributed by atoms with E-state index in [2.05, 4.69) is 21.2 Å². The van der Waals surface area contributed by atoms with E-state index in [1.54, 1.807) is 5.32 Å². The molecule has 0 saturated carbocycles. The first-order valence-electron chi connectivity index (χ1n) is 10.3. The molecule has 0 aliphatic heterocycles. The van der Waals surface area contributed by atoms with Gasteiger partial charge < -0.3 is 10.6 Å². The van der Waals surface area contributed by atoms with Crippen molar-refractivity contribution in [3.63, 3.8) is 0 Å². The Kier molecular flexibility index (Phi) is 9.97. The zero-order valence-electron chi connectivity index (χ0n) is 18.8. The van der Waals surface area contributed by atoms with Gasteiger partial charge in [-0.1, -0.05) is 24.3 Å². The predicted octanol–water partition coefficient (Wildman–Crippen LogP) is 6.71. The molecule has 208 valence electrons. The van der Waals surface area contributed by atoms with Gasteiger partial charge in [-0.2, -0.15) is 39.5 Å². The normalized spacial score (nSPS) is 13.4. The molecule has 0 radical (unpaired) electrons. The average molecular weight is 623 g/mol. The molecular formula is C23H17BrF10N2O2. The molecule has 2 N–H and O–H groups in total. The van der Waals surface area contributed by atoms with E-state index < -0.39 is 72.7 Å². The second-order valence-electron chi connectivity index (χ2n) is 7.79. The van der Waals surface area contributed by atoms with Crippen LogP contribution in [0.5, 0.6) is 0 Å². The molecule has 0 aliphatic carbocycles. The number of alkyl halides is 10. The zero-order valence-corrected chi connectivity index (χ0v) is 20.4. The van der Waals surface area contributed by atoms with Gasteiger partial charge in [0.05, 0.1) is 23.6 Å². The van der Waals surface area contributed by atoms with Gasteiger partial charge in [0, 0.05) is 4.47 Å². The molecule has 0 bridgehead atoms. The van der Waals surface area contributed by atoms with Crippen molar-refractivity contribution < 1.29 is 53.5 Å². The Morgan fingerprint density at radius 1 is 0.921 bits per heavy atom. The Balaban J connectivity index is 2.23. The molecular weight excluding hydrogens is 606 g/mol. The SMILES string of the molecule is O=C(CNC(=O)c1ccc(/C=C/C(c2cc(CF)cc(C(F)(F)F)c2)C(F)(F)F)cc1Br)NCC(F)(F)F. The van der Waals surface area contributed by atoms with E-state index in [0.29, 0.717) is 18.2 Å². The Morgan fingerprint density at radius 3 is 2.11 bits per heavy atom. The van der Waals surface area contributed by atoms with E-state index in [0.717, 1.165) is 12.1 Å². The van der Waals surface area contributed by atoms with Gasteiger partial charge in [-0.3, -0.25) is 9.59 Å². The van der Waals surface area contributed by atoms with Gasteiger partial charge in [-0.05, 0) is 56.9 Å². The molecule has 0 fully saturated rings. The molecule has 2 rings (SSSR count). The molecule has 0 heterocycles. The third kappa shape index (κ3) is 9.33. The van der Waals surface area contributed by atoms with Crippen LogP contribution < -0.4 is 10.6 Å². The third-order valence-corrected chi connectivity index (χ3v) is 5.48. The fourth-order valence-corrected chi connectivity index (χ4v) is 3.67. The summed E-state index contributed by atoms with van der Waals surface area (Å²) in [6.45, 7) is -3.79. The molecule has 2 aromatic rings. The van der Waals surface area contributed by atoms with Gasteiger partial charge in [0.25, 0.3) is 5.91 Å². The lowest BCUT2D eigenvalue weighted by molar-refractivity contribution is -0.142. The monoisotopic (exact) mass is 622 g/mol. The Labute approximate surface area is 217 Å². The summed E-state index contributed by atoms with van der Waals surface area (Å²) >= 11 is 3.02. The second kappa shape index (κ2) is 12.2. The van der Waals surface area contributed by atoms with Crippen LogP contribution in [0, 0.1) is 0 Å². The van der Waals surface area contributed by atoms with Crippen LogP contribution >= 0.6 is 15.9 Å². The van der Waals surface area contributed by atoms with Gasteiger partial charge in [-0.15, -0.1) is 0 Å². The lowest BCUT2D eigenvalue weighted by Crippen LogP contribution is -2.40. The van der Waals surface area contributed by atoms with Crippen LogP contribution in [-0.2, 0) is 17.6 Å². The summed E-state index contributed by atoms with van der Waals surface area (Å²) in [6.07, 6.45) is -13.2. The summed E-state index contributed by atoms with van der Waals surface area (Å²) in [5, 5.41) is 3.63. The van der Waals surface area contributed by atoms with E-state index >= 15 is 0 Å². The van der Waals surface area contributed by atoms with E-state index in [-0.39, 0.29) is 21.7 Å². The summed E-state index contributed by atoms with van der Waals surface area (Å²) < 4.78 is 130. The van der Waals surface area contributed by atoms with Crippen molar-refractivity contribution in [2.45, 2.75) is 31.1 Å². The van der Waals surface area contributed by atoms with Crippen molar-refractivity contribution in [3.05, 3.63) is 74.8 Å². The van der Waals surface area contributed by atoms with Crippen molar-refractivity contribution in [2.75, 3.05) is 13.1 Å². The van der Waals surface area contributed by atoms with E-state index in [1.807, 2.05) is 0 Å². The number of benzene rings is 2. The average Bonchev–Trinajstić information content (AvgIpc) is 2.79. The molecule has 4 nitrogen and oxygen atoms in total. The Hall–Kier alpha value is -3.10. The molecule has 0 aliphatic rings. The lowest BCUT2D eigenvalue weighted by atomic mass is 9.93. The molecule has 15 heteroatoms. The highest BCUT2D eigenvalue weighted by molar-refractivity contribution is 9.10. The number of nitrogens with one attached hydrogen (secondary N) is 2. The van der Waals surface area contributed by atoms with Crippen molar-refractivity contribution in [3.8, 4) is 0 Å². The van der Waals surface area contributed by atoms with Crippen LogP contribution in [0.25, 0.3) is 6.08 Å². The summed E-state index contributed by atoms with van der Waals surface area (Å²) in [5.74, 6) is -4.52. The van der Waals surface area contributed by atoms with Gasteiger partial charge in [-0.25, -0.2) is 4.39 Å². The lowest BCUT2D eigenvalue weighted by Gasteiger charge is -2.20. The first kappa shape index (κ1) is 31.1. The van der Waals surface area contributed by atoms with Crippen molar-refractivity contribution in [1.29, 1.82) is 0 Å². The molecule has 2 amide bonds. The van der Waals surface area contributed by atoms with E-state index in [4.69, 9.17) is 0 Å². The fourth-order valence-electron chi connectivity index (χ4n) is 3.09. The van der Waals surface area contributed by atoms with Crippen LogP contribution in [0.1, 0.15) is 38.5 Å². The predicted molar refractivity (Wildman–Crippen MR) is 120 cm³/mol. The first-order chi connectivity index (χ1) is 17.4. The number of hydrogen-bond donors (Lipinski definition) is 2. The van der Waals surface area contributed by atoms with Crippen LogP contribution in [-0.4, -0.2) is 37.3 Å².